The zero-order valence-electron chi connectivity index (χ0n) is 16.0. The molecular weight excluding hydrogens is 358 g/mol. The number of piperazine rings is 1. The van der Waals surface area contributed by atoms with Crippen LogP contribution in [0.2, 0.25) is 0 Å². The van der Waals surface area contributed by atoms with Gasteiger partial charge in [0.1, 0.15) is 5.75 Å². The normalized spacial score (nSPS) is 15.4. The van der Waals surface area contributed by atoms with Crippen LogP contribution in [0, 0.1) is 5.92 Å². The summed E-state index contributed by atoms with van der Waals surface area (Å²) in [6, 6.07) is 11.2. The van der Waals surface area contributed by atoms with Crippen molar-refractivity contribution in [2.45, 2.75) is 19.8 Å². The summed E-state index contributed by atoms with van der Waals surface area (Å²) < 4.78 is 5.65. The van der Waals surface area contributed by atoms with Gasteiger partial charge in [-0.3, -0.25) is 14.6 Å². The van der Waals surface area contributed by atoms with Gasteiger partial charge in [0.25, 0.3) is 0 Å². The first-order chi connectivity index (χ1) is 13.6. The number of rotatable bonds is 8. The summed E-state index contributed by atoms with van der Waals surface area (Å²) >= 11 is 0. The molecule has 1 aromatic carbocycles. The molecule has 1 aromatic heterocycles. The maximum Gasteiger partial charge on any atom is 0.306 e. The Labute approximate surface area is 164 Å². The minimum Gasteiger partial charge on any atom is -0.494 e. The fraction of sp³-hybridized carbons (Fsp3) is 0.381. The molecule has 2 aromatic rings. The number of hydrogen-bond acceptors (Lipinski definition) is 5. The average Bonchev–Trinajstić information content (AvgIpc) is 2.72. The molecule has 1 aliphatic rings. The van der Waals surface area contributed by atoms with Gasteiger partial charge in [-0.25, -0.2) is 0 Å². The topological polar surface area (TPSA) is 83.0 Å². The zero-order valence-corrected chi connectivity index (χ0v) is 16.0. The van der Waals surface area contributed by atoms with E-state index < -0.39 is 5.97 Å². The summed E-state index contributed by atoms with van der Waals surface area (Å²) in [6.45, 7) is 3.91. The number of pyridine rings is 1. The Balaban J connectivity index is 1.54. The van der Waals surface area contributed by atoms with Crippen molar-refractivity contribution in [3.05, 3.63) is 48.8 Å². The molecule has 1 saturated heterocycles. The molecule has 1 atom stereocenters. The maximum atomic E-state index is 12.6. The Morgan fingerprint density at radius 2 is 1.86 bits per heavy atom. The molecule has 1 amide bonds. The van der Waals surface area contributed by atoms with Gasteiger partial charge in [0, 0.05) is 36.9 Å². The molecule has 1 unspecified atom stereocenters. The standard InChI is InChI=1S/C21H25N3O4/c1-2-16(21(26)27)9-14-28-19-5-3-18(4-6-19)24-13-12-23(15-20(24)25)17-7-10-22-11-8-17/h3-8,10-11,16H,2,9,12-15H2,1H3,(H,26,27). The molecule has 1 aliphatic heterocycles. The number of benzene rings is 1. The number of nitrogens with zero attached hydrogens (tertiary/aromatic N) is 3. The van der Waals surface area contributed by atoms with E-state index >= 15 is 0 Å². The predicted octanol–water partition coefficient (Wildman–Crippen LogP) is 2.81. The van der Waals surface area contributed by atoms with Crippen molar-refractivity contribution in [3.63, 3.8) is 0 Å². The molecule has 1 N–H and O–H groups in total. The van der Waals surface area contributed by atoms with Gasteiger partial charge in [-0.1, -0.05) is 6.92 Å². The molecule has 2 heterocycles. The van der Waals surface area contributed by atoms with E-state index in [9.17, 15) is 9.59 Å². The van der Waals surface area contributed by atoms with Gasteiger partial charge in [-0.05, 0) is 49.2 Å². The second-order valence-corrected chi connectivity index (χ2v) is 6.75. The van der Waals surface area contributed by atoms with Crippen molar-refractivity contribution in [2.75, 3.05) is 36.0 Å². The highest BCUT2D eigenvalue weighted by Crippen LogP contribution is 2.23. The summed E-state index contributed by atoms with van der Waals surface area (Å²) in [5.41, 5.74) is 1.84. The molecule has 28 heavy (non-hydrogen) atoms. The van der Waals surface area contributed by atoms with Gasteiger partial charge in [-0.15, -0.1) is 0 Å². The lowest BCUT2D eigenvalue weighted by Crippen LogP contribution is -2.50. The van der Waals surface area contributed by atoms with E-state index in [0.29, 0.717) is 38.3 Å². The van der Waals surface area contributed by atoms with Crippen LogP contribution in [-0.4, -0.2) is 48.2 Å². The molecule has 3 rings (SSSR count). The molecule has 1 fully saturated rings. The third-order valence-electron chi connectivity index (χ3n) is 4.97. The highest BCUT2D eigenvalue weighted by atomic mass is 16.5. The Hall–Kier alpha value is -3.09. The largest absolute Gasteiger partial charge is 0.494 e. The van der Waals surface area contributed by atoms with Crippen LogP contribution in [0.25, 0.3) is 0 Å². The summed E-state index contributed by atoms with van der Waals surface area (Å²) in [7, 11) is 0. The van der Waals surface area contributed by atoms with Crippen molar-refractivity contribution in [3.8, 4) is 5.75 Å². The number of carbonyl (C=O) groups is 2. The molecule has 148 valence electrons. The monoisotopic (exact) mass is 383 g/mol. The smallest absolute Gasteiger partial charge is 0.306 e. The van der Waals surface area contributed by atoms with Crippen molar-refractivity contribution in [2.24, 2.45) is 5.92 Å². The van der Waals surface area contributed by atoms with Gasteiger partial charge in [0.2, 0.25) is 5.91 Å². The van der Waals surface area contributed by atoms with Crippen LogP contribution in [-0.2, 0) is 9.59 Å². The first-order valence-corrected chi connectivity index (χ1v) is 9.49. The fourth-order valence-electron chi connectivity index (χ4n) is 3.27. The van der Waals surface area contributed by atoms with Gasteiger partial charge < -0.3 is 19.6 Å². The van der Waals surface area contributed by atoms with Crippen molar-refractivity contribution < 1.29 is 19.4 Å². The van der Waals surface area contributed by atoms with Gasteiger partial charge in [0.15, 0.2) is 0 Å². The van der Waals surface area contributed by atoms with Crippen molar-refractivity contribution in [1.29, 1.82) is 0 Å². The summed E-state index contributed by atoms with van der Waals surface area (Å²) in [5.74, 6) is -0.449. The van der Waals surface area contributed by atoms with Gasteiger partial charge in [-0.2, -0.15) is 0 Å². The minimum atomic E-state index is -0.786. The number of hydrogen-bond donors (Lipinski definition) is 1. The second-order valence-electron chi connectivity index (χ2n) is 6.75. The lowest BCUT2D eigenvalue weighted by molar-refractivity contribution is -0.142. The number of aromatic nitrogens is 1. The summed E-state index contributed by atoms with van der Waals surface area (Å²) in [4.78, 5) is 31.5. The number of anilines is 2. The number of carbonyl (C=O) groups excluding carboxylic acids is 1. The molecule has 0 bridgehead atoms. The number of ether oxygens (including phenoxy) is 1. The Morgan fingerprint density at radius 1 is 1.14 bits per heavy atom. The van der Waals surface area contributed by atoms with Crippen molar-refractivity contribution in [1.82, 2.24) is 4.98 Å². The maximum absolute atomic E-state index is 12.6. The first-order valence-electron chi connectivity index (χ1n) is 9.49. The van der Waals surface area contributed by atoms with Crippen LogP contribution < -0.4 is 14.5 Å². The third-order valence-corrected chi connectivity index (χ3v) is 4.97. The minimum absolute atomic E-state index is 0.0453. The van der Waals surface area contributed by atoms with Gasteiger partial charge in [0.05, 0.1) is 19.1 Å². The van der Waals surface area contributed by atoms with Crippen LogP contribution in [0.3, 0.4) is 0 Å². The van der Waals surface area contributed by atoms with E-state index in [1.54, 1.807) is 17.3 Å². The number of carboxylic acids is 1. The Morgan fingerprint density at radius 3 is 2.46 bits per heavy atom. The zero-order chi connectivity index (χ0) is 19.9. The van der Waals surface area contributed by atoms with Gasteiger partial charge >= 0.3 is 5.97 Å². The number of carboxylic acid groups (broad SMARTS) is 1. The Bertz CT molecular complexity index is 795. The fourth-order valence-corrected chi connectivity index (χ4v) is 3.27. The van der Waals surface area contributed by atoms with E-state index in [2.05, 4.69) is 4.98 Å². The second kappa shape index (κ2) is 9.21. The van der Waals surface area contributed by atoms with Crippen LogP contribution in [0.15, 0.2) is 48.8 Å². The third kappa shape index (κ3) is 4.79. The molecule has 0 aliphatic carbocycles. The highest BCUT2D eigenvalue weighted by Gasteiger charge is 2.25. The highest BCUT2D eigenvalue weighted by molar-refractivity contribution is 5.97. The van der Waals surface area contributed by atoms with E-state index in [-0.39, 0.29) is 11.8 Å². The SMILES string of the molecule is CCC(CCOc1ccc(N2CCN(c3ccncc3)CC2=O)cc1)C(=O)O. The van der Waals surface area contributed by atoms with Crippen molar-refractivity contribution >= 4 is 23.3 Å². The molecule has 7 nitrogen and oxygen atoms in total. The molecule has 0 radical (unpaired) electrons. The molecule has 7 heteroatoms. The van der Waals surface area contributed by atoms with E-state index in [1.165, 1.54) is 0 Å². The number of aliphatic carboxylic acids is 1. The summed E-state index contributed by atoms with van der Waals surface area (Å²) in [5, 5.41) is 9.07. The molecular formula is C21H25N3O4. The Kier molecular flexibility index (Phi) is 6.47. The average molecular weight is 383 g/mol. The molecule has 0 saturated carbocycles. The first kappa shape index (κ1) is 19.7. The quantitative estimate of drug-likeness (QED) is 0.755. The van der Waals surface area contributed by atoms with Crippen LogP contribution in [0.1, 0.15) is 19.8 Å². The van der Waals surface area contributed by atoms with Crippen LogP contribution in [0.4, 0.5) is 11.4 Å². The van der Waals surface area contributed by atoms with Crippen LogP contribution in [0.5, 0.6) is 5.75 Å². The predicted molar refractivity (Wildman–Crippen MR) is 107 cm³/mol. The van der Waals surface area contributed by atoms with E-state index in [0.717, 1.165) is 17.9 Å². The number of amides is 1. The summed E-state index contributed by atoms with van der Waals surface area (Å²) in [6.07, 6.45) is 4.52. The molecule has 0 spiro atoms. The van der Waals surface area contributed by atoms with E-state index in [4.69, 9.17) is 9.84 Å². The lowest BCUT2D eigenvalue weighted by atomic mass is 10.0. The van der Waals surface area contributed by atoms with Crippen LogP contribution >= 0.6 is 0 Å². The van der Waals surface area contributed by atoms with E-state index in [1.807, 2.05) is 48.2 Å². The lowest BCUT2D eigenvalue weighted by Gasteiger charge is -2.35.